The van der Waals surface area contributed by atoms with Crippen LogP contribution in [0.1, 0.15) is 52.7 Å². The second-order valence-electron chi connectivity index (χ2n) is 8.67. The number of rotatable bonds is 1. The standard InChI is InChI=1S/C17H30GeO/c1-16(2,3)12-10-13(17(4,5)6)15(19)14(11-12)18(7,8)9/h10-11,19H,1-9H3. The maximum atomic E-state index is 10.7. The molecule has 0 aliphatic rings. The van der Waals surface area contributed by atoms with E-state index in [-0.39, 0.29) is 10.8 Å². The summed E-state index contributed by atoms with van der Waals surface area (Å²) in [5.74, 6) is 7.57. The van der Waals surface area contributed by atoms with E-state index in [9.17, 15) is 5.11 Å². The Morgan fingerprint density at radius 1 is 0.842 bits per heavy atom. The van der Waals surface area contributed by atoms with Crippen LogP contribution in [-0.2, 0) is 10.8 Å². The van der Waals surface area contributed by atoms with Gasteiger partial charge in [0.2, 0.25) is 0 Å². The molecule has 1 nitrogen and oxygen atoms in total. The molecule has 1 rings (SSSR count). The number of aromatic hydroxyl groups is 1. The first-order valence-corrected chi connectivity index (χ1v) is 14.5. The molecule has 0 heterocycles. The molecular weight excluding hydrogens is 293 g/mol. The van der Waals surface area contributed by atoms with Crippen LogP contribution in [0.4, 0.5) is 0 Å². The van der Waals surface area contributed by atoms with Gasteiger partial charge in [-0.15, -0.1) is 0 Å². The molecule has 108 valence electrons. The fraction of sp³-hybridized carbons (Fsp3) is 0.647. The number of hydrogen-bond donors (Lipinski definition) is 1. The van der Waals surface area contributed by atoms with E-state index < -0.39 is 13.3 Å². The maximum absolute atomic E-state index is 10.7. The van der Waals surface area contributed by atoms with E-state index in [1.165, 1.54) is 9.96 Å². The Bertz CT molecular complexity index is 433. The average molecular weight is 323 g/mol. The predicted molar refractivity (Wildman–Crippen MR) is 88.5 cm³/mol. The molecule has 2 heteroatoms. The molecule has 0 amide bonds. The molecule has 0 saturated carbocycles. The van der Waals surface area contributed by atoms with E-state index in [4.69, 9.17) is 0 Å². The van der Waals surface area contributed by atoms with Gasteiger partial charge in [-0.3, -0.25) is 0 Å². The van der Waals surface area contributed by atoms with E-state index in [0.717, 1.165) is 5.56 Å². The molecule has 0 unspecified atom stereocenters. The Hall–Kier alpha value is -0.437. The van der Waals surface area contributed by atoms with Gasteiger partial charge in [0.05, 0.1) is 0 Å². The molecule has 0 aromatic heterocycles. The van der Waals surface area contributed by atoms with Crippen LogP contribution in [0.25, 0.3) is 0 Å². The molecule has 0 radical (unpaired) electrons. The molecule has 1 aromatic carbocycles. The number of phenols is 1. The molecule has 0 saturated heterocycles. The van der Waals surface area contributed by atoms with Crippen molar-refractivity contribution in [2.45, 2.75) is 69.6 Å². The number of benzene rings is 1. The van der Waals surface area contributed by atoms with Gasteiger partial charge in [0.1, 0.15) is 0 Å². The van der Waals surface area contributed by atoms with E-state index in [1.807, 2.05) is 0 Å². The van der Waals surface area contributed by atoms with Gasteiger partial charge >= 0.3 is 121 Å². The first-order chi connectivity index (χ1) is 8.24. The third-order valence-corrected chi connectivity index (χ3v) is 7.78. The molecule has 0 bridgehead atoms. The van der Waals surface area contributed by atoms with Gasteiger partial charge in [0.25, 0.3) is 0 Å². The Labute approximate surface area is 121 Å². The van der Waals surface area contributed by atoms with Gasteiger partial charge < -0.3 is 0 Å². The monoisotopic (exact) mass is 324 g/mol. The second kappa shape index (κ2) is 4.84. The Balaban J connectivity index is 3.68. The zero-order chi connectivity index (χ0) is 15.2. The van der Waals surface area contributed by atoms with E-state index in [0.29, 0.717) is 5.75 Å². The third-order valence-electron chi connectivity index (χ3n) is 3.59. The van der Waals surface area contributed by atoms with Crippen molar-refractivity contribution in [1.29, 1.82) is 0 Å². The number of phenolic OH excluding ortho intramolecular Hbond substituents is 1. The summed E-state index contributed by atoms with van der Waals surface area (Å²) in [6.45, 7) is 13.2. The van der Waals surface area contributed by atoms with Crippen LogP contribution < -0.4 is 4.40 Å². The fourth-order valence-corrected chi connectivity index (χ4v) is 5.22. The van der Waals surface area contributed by atoms with Crippen molar-refractivity contribution in [3.05, 3.63) is 23.3 Å². The molecule has 0 aliphatic carbocycles. The van der Waals surface area contributed by atoms with Crippen molar-refractivity contribution in [2.24, 2.45) is 0 Å². The van der Waals surface area contributed by atoms with Gasteiger partial charge in [0, 0.05) is 0 Å². The van der Waals surface area contributed by atoms with Crippen molar-refractivity contribution >= 4 is 17.7 Å². The predicted octanol–water partition coefficient (Wildman–Crippen LogP) is 4.53. The molecular formula is C17H30GeO. The molecule has 0 fully saturated rings. The normalized spacial score (nSPS) is 13.7. The van der Waals surface area contributed by atoms with Crippen LogP contribution in [0.2, 0.25) is 17.3 Å². The van der Waals surface area contributed by atoms with Gasteiger partial charge in [-0.1, -0.05) is 0 Å². The SMILES string of the molecule is CC(C)(C)c1cc(C(C)(C)C)c(O)[c]([Ge]([CH3])([CH3])[CH3])c1. The van der Waals surface area contributed by atoms with Crippen LogP contribution in [0.15, 0.2) is 12.1 Å². The van der Waals surface area contributed by atoms with Crippen LogP contribution in [0, 0.1) is 0 Å². The minimum absolute atomic E-state index is 0.0203. The summed E-state index contributed by atoms with van der Waals surface area (Å²) in [6.07, 6.45) is 0. The summed E-state index contributed by atoms with van der Waals surface area (Å²) in [4.78, 5) is 0. The summed E-state index contributed by atoms with van der Waals surface area (Å²) in [7, 11) is 0. The van der Waals surface area contributed by atoms with E-state index >= 15 is 0 Å². The summed E-state index contributed by atoms with van der Waals surface area (Å²) < 4.78 is 1.23. The van der Waals surface area contributed by atoms with Gasteiger partial charge in [-0.05, 0) is 0 Å². The van der Waals surface area contributed by atoms with E-state index in [1.54, 1.807) is 0 Å². The first-order valence-electron chi connectivity index (χ1n) is 7.13. The topological polar surface area (TPSA) is 20.2 Å². The molecule has 0 atom stereocenters. The van der Waals surface area contributed by atoms with Crippen molar-refractivity contribution in [2.75, 3.05) is 0 Å². The zero-order valence-corrected chi connectivity index (χ0v) is 16.2. The summed E-state index contributed by atoms with van der Waals surface area (Å²) >= 11 is -2.07. The Morgan fingerprint density at radius 2 is 1.32 bits per heavy atom. The number of hydrogen-bond acceptors (Lipinski definition) is 1. The van der Waals surface area contributed by atoms with Crippen molar-refractivity contribution in [1.82, 2.24) is 0 Å². The Morgan fingerprint density at radius 3 is 1.63 bits per heavy atom. The van der Waals surface area contributed by atoms with Gasteiger partial charge in [-0.2, -0.15) is 0 Å². The van der Waals surface area contributed by atoms with Crippen LogP contribution in [-0.4, -0.2) is 18.4 Å². The molecule has 1 N–H and O–H groups in total. The minimum atomic E-state index is -2.07. The molecule has 19 heavy (non-hydrogen) atoms. The third kappa shape index (κ3) is 3.78. The summed E-state index contributed by atoms with van der Waals surface area (Å²) in [6, 6.07) is 4.46. The van der Waals surface area contributed by atoms with Crippen molar-refractivity contribution in [3.63, 3.8) is 0 Å². The van der Waals surface area contributed by atoms with Crippen LogP contribution in [0.5, 0.6) is 5.75 Å². The molecule has 1 aromatic rings. The van der Waals surface area contributed by atoms with Crippen LogP contribution in [0.3, 0.4) is 0 Å². The van der Waals surface area contributed by atoms with Crippen molar-refractivity contribution < 1.29 is 5.11 Å². The zero-order valence-electron chi connectivity index (χ0n) is 14.1. The van der Waals surface area contributed by atoms with Gasteiger partial charge in [-0.25, -0.2) is 0 Å². The first kappa shape index (κ1) is 16.6. The molecule has 0 aliphatic heterocycles. The quantitative estimate of drug-likeness (QED) is 0.753. The second-order valence-corrected chi connectivity index (χ2v) is 19.2. The summed E-state index contributed by atoms with van der Waals surface area (Å²) in [5, 5.41) is 10.7. The average Bonchev–Trinajstić information content (AvgIpc) is 2.11. The Kier molecular flexibility index (Phi) is 4.23. The van der Waals surface area contributed by atoms with Crippen LogP contribution >= 0.6 is 0 Å². The fourth-order valence-electron chi connectivity index (χ4n) is 2.21. The summed E-state index contributed by atoms with van der Waals surface area (Å²) in [5.41, 5.74) is 2.53. The van der Waals surface area contributed by atoms with Gasteiger partial charge in [0.15, 0.2) is 0 Å². The van der Waals surface area contributed by atoms with E-state index in [2.05, 4.69) is 70.9 Å². The molecule has 0 spiro atoms. The van der Waals surface area contributed by atoms with Crippen molar-refractivity contribution in [3.8, 4) is 5.75 Å².